The summed E-state index contributed by atoms with van der Waals surface area (Å²) in [5.41, 5.74) is 0. The van der Waals surface area contributed by atoms with Gasteiger partial charge in [0.25, 0.3) is 0 Å². The Morgan fingerprint density at radius 1 is 1.30 bits per heavy atom. The fourth-order valence-corrected chi connectivity index (χ4v) is 2.57. The first-order chi connectivity index (χ1) is 9.63. The van der Waals surface area contributed by atoms with Crippen molar-refractivity contribution in [3.8, 4) is 0 Å². The minimum Gasteiger partial charge on any atom is -0.390 e. The quantitative estimate of drug-likeness (QED) is 0.820. The maximum atomic E-state index is 10.1. The summed E-state index contributed by atoms with van der Waals surface area (Å²) in [5, 5.41) is 14.2. The molecule has 5 nitrogen and oxygen atoms in total. The lowest BCUT2D eigenvalue weighted by Gasteiger charge is -2.33. The summed E-state index contributed by atoms with van der Waals surface area (Å²) in [6.45, 7) is 8.53. The van der Waals surface area contributed by atoms with Crippen molar-refractivity contribution in [3.05, 3.63) is 18.5 Å². The van der Waals surface area contributed by atoms with E-state index in [4.69, 9.17) is 4.74 Å². The Bertz CT molecular complexity index is 359. The van der Waals surface area contributed by atoms with Crippen molar-refractivity contribution < 1.29 is 9.84 Å². The summed E-state index contributed by atoms with van der Waals surface area (Å²) in [5.74, 6) is 0.601. The van der Waals surface area contributed by atoms with Crippen LogP contribution in [0.2, 0.25) is 0 Å². The zero-order valence-corrected chi connectivity index (χ0v) is 12.6. The summed E-state index contributed by atoms with van der Waals surface area (Å²) in [6, 6.07) is 1.88. The molecule has 1 aromatic heterocycles. The third kappa shape index (κ3) is 5.23. The van der Waals surface area contributed by atoms with Crippen molar-refractivity contribution in [2.75, 3.05) is 26.2 Å². The molecule has 0 amide bonds. The van der Waals surface area contributed by atoms with Crippen molar-refractivity contribution in [2.24, 2.45) is 5.92 Å². The molecule has 1 atom stereocenters. The fraction of sp³-hybridized carbons (Fsp3) is 0.800. The second-order valence-corrected chi connectivity index (χ2v) is 6.11. The van der Waals surface area contributed by atoms with Crippen molar-refractivity contribution in [2.45, 2.75) is 45.4 Å². The number of aromatic nitrogens is 2. The van der Waals surface area contributed by atoms with Crippen molar-refractivity contribution >= 4 is 0 Å². The van der Waals surface area contributed by atoms with E-state index >= 15 is 0 Å². The SMILES string of the molecule is CC(C)COC1CCN(C[C@H](O)Cn2cccn2)CC1. The molecule has 2 heterocycles. The Hall–Kier alpha value is -0.910. The molecule has 0 aliphatic carbocycles. The molecule has 114 valence electrons. The van der Waals surface area contributed by atoms with E-state index in [9.17, 15) is 5.11 Å². The largest absolute Gasteiger partial charge is 0.390 e. The van der Waals surface area contributed by atoms with E-state index < -0.39 is 0 Å². The van der Waals surface area contributed by atoms with E-state index in [1.807, 2.05) is 12.3 Å². The second-order valence-electron chi connectivity index (χ2n) is 6.11. The van der Waals surface area contributed by atoms with E-state index in [-0.39, 0.29) is 6.10 Å². The van der Waals surface area contributed by atoms with Gasteiger partial charge < -0.3 is 14.7 Å². The molecule has 1 saturated heterocycles. The van der Waals surface area contributed by atoms with E-state index in [1.165, 1.54) is 0 Å². The Labute approximate surface area is 121 Å². The molecule has 0 aromatic carbocycles. The second kappa shape index (κ2) is 7.76. The van der Waals surface area contributed by atoms with E-state index in [1.54, 1.807) is 10.9 Å². The molecule has 1 aliphatic heterocycles. The maximum Gasteiger partial charge on any atom is 0.0862 e. The van der Waals surface area contributed by atoms with Gasteiger partial charge in [0.1, 0.15) is 0 Å². The van der Waals surface area contributed by atoms with Crippen LogP contribution in [0.5, 0.6) is 0 Å². The highest BCUT2D eigenvalue weighted by atomic mass is 16.5. The van der Waals surface area contributed by atoms with E-state index in [0.29, 0.717) is 18.6 Å². The number of aliphatic hydroxyl groups is 1. The molecule has 0 radical (unpaired) electrons. The Morgan fingerprint density at radius 3 is 2.65 bits per heavy atom. The zero-order chi connectivity index (χ0) is 14.4. The summed E-state index contributed by atoms with van der Waals surface area (Å²) < 4.78 is 7.66. The van der Waals surface area contributed by atoms with E-state index in [0.717, 1.165) is 39.1 Å². The lowest BCUT2D eigenvalue weighted by Crippen LogP contribution is -2.42. The molecular formula is C15H27N3O2. The van der Waals surface area contributed by atoms with Crippen molar-refractivity contribution in [3.63, 3.8) is 0 Å². The predicted octanol–water partition coefficient (Wildman–Crippen LogP) is 1.38. The van der Waals surface area contributed by atoms with Gasteiger partial charge in [0, 0.05) is 38.6 Å². The van der Waals surface area contributed by atoms with Crippen molar-refractivity contribution in [1.29, 1.82) is 0 Å². The van der Waals surface area contributed by atoms with Crippen LogP contribution in [0.15, 0.2) is 18.5 Å². The van der Waals surface area contributed by atoms with Crippen LogP contribution in [0.25, 0.3) is 0 Å². The number of nitrogens with zero attached hydrogens (tertiary/aromatic N) is 3. The number of ether oxygens (including phenoxy) is 1. The number of rotatable bonds is 7. The smallest absolute Gasteiger partial charge is 0.0862 e. The molecule has 0 unspecified atom stereocenters. The van der Waals surface area contributed by atoms with Crippen LogP contribution in [0.3, 0.4) is 0 Å². The van der Waals surface area contributed by atoms with Crippen LogP contribution in [-0.4, -0.2) is 58.2 Å². The van der Waals surface area contributed by atoms with Gasteiger partial charge in [-0.2, -0.15) is 5.10 Å². The monoisotopic (exact) mass is 281 g/mol. The van der Waals surface area contributed by atoms with Crippen LogP contribution in [0.4, 0.5) is 0 Å². The van der Waals surface area contributed by atoms with Gasteiger partial charge in [-0.05, 0) is 24.8 Å². The van der Waals surface area contributed by atoms with Crippen LogP contribution >= 0.6 is 0 Å². The van der Waals surface area contributed by atoms with Crippen LogP contribution < -0.4 is 0 Å². The highest BCUT2D eigenvalue weighted by Gasteiger charge is 2.21. The minimum absolute atomic E-state index is 0.358. The van der Waals surface area contributed by atoms with Gasteiger partial charge in [-0.15, -0.1) is 0 Å². The standard InChI is InChI=1S/C15H27N3O2/c1-13(2)12-20-15-4-8-17(9-5-15)10-14(19)11-18-7-3-6-16-18/h3,6-7,13-15,19H,4-5,8-12H2,1-2H3/t14-/m0/s1. The number of hydrogen-bond donors (Lipinski definition) is 1. The number of piperidine rings is 1. The lowest BCUT2D eigenvalue weighted by atomic mass is 10.1. The summed E-state index contributed by atoms with van der Waals surface area (Å²) in [7, 11) is 0. The zero-order valence-electron chi connectivity index (χ0n) is 12.6. The van der Waals surface area contributed by atoms with Gasteiger partial charge >= 0.3 is 0 Å². The first-order valence-electron chi connectivity index (χ1n) is 7.63. The molecule has 5 heteroatoms. The van der Waals surface area contributed by atoms with Gasteiger partial charge in [0.2, 0.25) is 0 Å². The molecule has 20 heavy (non-hydrogen) atoms. The number of hydrogen-bond acceptors (Lipinski definition) is 4. The molecule has 0 bridgehead atoms. The maximum absolute atomic E-state index is 10.1. The highest BCUT2D eigenvalue weighted by molar-refractivity contribution is 4.80. The average Bonchev–Trinajstić information content (AvgIpc) is 2.90. The van der Waals surface area contributed by atoms with E-state index in [2.05, 4.69) is 23.8 Å². The summed E-state index contributed by atoms with van der Waals surface area (Å²) >= 11 is 0. The first-order valence-corrected chi connectivity index (χ1v) is 7.63. The Morgan fingerprint density at radius 2 is 2.05 bits per heavy atom. The average molecular weight is 281 g/mol. The highest BCUT2D eigenvalue weighted by Crippen LogP contribution is 2.15. The molecule has 2 rings (SSSR count). The third-order valence-corrected chi connectivity index (χ3v) is 3.63. The predicted molar refractivity (Wildman–Crippen MR) is 78.5 cm³/mol. The minimum atomic E-state index is -0.358. The molecule has 0 spiro atoms. The van der Waals surface area contributed by atoms with Gasteiger partial charge in [-0.3, -0.25) is 4.68 Å². The summed E-state index contributed by atoms with van der Waals surface area (Å²) in [6.07, 6.45) is 5.81. The number of aliphatic hydroxyl groups excluding tert-OH is 1. The molecule has 1 aromatic rings. The topological polar surface area (TPSA) is 50.5 Å². The van der Waals surface area contributed by atoms with Crippen LogP contribution in [-0.2, 0) is 11.3 Å². The van der Waals surface area contributed by atoms with Crippen LogP contribution in [0, 0.1) is 5.92 Å². The van der Waals surface area contributed by atoms with Crippen LogP contribution in [0.1, 0.15) is 26.7 Å². The van der Waals surface area contributed by atoms with Crippen molar-refractivity contribution in [1.82, 2.24) is 14.7 Å². The Balaban J connectivity index is 1.63. The fourth-order valence-electron chi connectivity index (χ4n) is 2.57. The molecule has 0 saturated carbocycles. The van der Waals surface area contributed by atoms with Gasteiger partial charge in [0.05, 0.1) is 18.8 Å². The normalized spacial score (nSPS) is 19.6. The Kier molecular flexibility index (Phi) is 6.01. The van der Waals surface area contributed by atoms with Gasteiger partial charge in [-0.25, -0.2) is 0 Å². The molecule has 1 N–H and O–H groups in total. The lowest BCUT2D eigenvalue weighted by molar-refractivity contribution is -0.0135. The molecule has 1 aliphatic rings. The first kappa shape index (κ1) is 15.5. The molecule has 1 fully saturated rings. The number of likely N-dealkylation sites (tertiary alicyclic amines) is 1. The molecular weight excluding hydrogens is 254 g/mol. The number of β-amino-alcohol motifs (C(OH)–C–C–N with tert-alkyl or cyclic N) is 1. The van der Waals surface area contributed by atoms with Gasteiger partial charge in [0.15, 0.2) is 0 Å². The van der Waals surface area contributed by atoms with Gasteiger partial charge in [-0.1, -0.05) is 13.8 Å². The third-order valence-electron chi connectivity index (χ3n) is 3.63. The summed E-state index contributed by atoms with van der Waals surface area (Å²) in [4.78, 5) is 2.32.